The summed E-state index contributed by atoms with van der Waals surface area (Å²) in [6, 6.07) is 3.86. The first-order valence-electron chi connectivity index (χ1n) is 4.97. The fraction of sp³-hybridized carbons (Fsp3) is 0.200. The summed E-state index contributed by atoms with van der Waals surface area (Å²) in [4.78, 5) is 10.8. The highest BCUT2D eigenvalue weighted by atomic mass is 32.1. The van der Waals surface area contributed by atoms with Gasteiger partial charge in [-0.3, -0.25) is 4.68 Å². The summed E-state index contributed by atoms with van der Waals surface area (Å²) < 4.78 is 38.6. The van der Waals surface area contributed by atoms with Gasteiger partial charge >= 0.3 is 6.18 Å². The van der Waals surface area contributed by atoms with Gasteiger partial charge < -0.3 is 15.2 Å². The largest absolute Gasteiger partial charge is 0.530 e. The Morgan fingerprint density at radius 2 is 2.16 bits per heavy atom. The van der Waals surface area contributed by atoms with Crippen molar-refractivity contribution in [1.82, 2.24) is 9.78 Å². The predicted molar refractivity (Wildman–Crippen MR) is 60.5 cm³/mol. The zero-order chi connectivity index (χ0) is 14.2. The molecule has 1 amide bonds. The number of alkyl halides is 3. The highest BCUT2D eigenvalue weighted by molar-refractivity contribution is 7.19. The lowest BCUT2D eigenvalue weighted by Gasteiger charge is -2.01. The Bertz CT molecular complexity index is 618. The fourth-order valence-electron chi connectivity index (χ4n) is 1.48. The monoisotopic (exact) mass is 290 g/mol. The van der Waals surface area contributed by atoms with Crippen molar-refractivity contribution >= 4 is 22.4 Å². The third-order valence-corrected chi connectivity index (χ3v) is 3.28. The normalized spacial score (nSPS) is 11.6. The molecule has 1 N–H and O–H groups in total. The van der Waals surface area contributed by atoms with Crippen molar-refractivity contribution in [3.63, 3.8) is 0 Å². The maximum absolute atomic E-state index is 12.5. The van der Waals surface area contributed by atoms with E-state index in [0.717, 1.165) is 22.1 Å². The van der Waals surface area contributed by atoms with Gasteiger partial charge in [-0.05, 0) is 18.2 Å². The Kier molecular flexibility index (Phi) is 3.23. The molecular formula is C10H7F3N3O2S-. The van der Waals surface area contributed by atoms with Crippen LogP contribution >= 0.6 is 11.3 Å². The number of carboxylic acid groups (broad SMARTS) is 1. The van der Waals surface area contributed by atoms with Gasteiger partial charge in [0.25, 0.3) is 0 Å². The van der Waals surface area contributed by atoms with E-state index in [2.05, 4.69) is 5.10 Å². The van der Waals surface area contributed by atoms with Gasteiger partial charge in [0, 0.05) is 7.05 Å². The lowest BCUT2D eigenvalue weighted by molar-refractivity contribution is -0.242. The van der Waals surface area contributed by atoms with Crippen LogP contribution in [0.4, 0.5) is 23.0 Å². The topological polar surface area (TPSA) is 70.0 Å². The molecule has 0 spiro atoms. The first kappa shape index (κ1) is 13.4. The number of aryl methyl sites for hydroxylation is 1. The Morgan fingerprint density at radius 1 is 1.47 bits per heavy atom. The van der Waals surface area contributed by atoms with Crippen molar-refractivity contribution < 1.29 is 23.1 Å². The Morgan fingerprint density at radius 3 is 2.68 bits per heavy atom. The van der Waals surface area contributed by atoms with Crippen LogP contribution < -0.4 is 10.4 Å². The molecule has 0 bridgehead atoms. The quantitative estimate of drug-likeness (QED) is 0.918. The van der Waals surface area contributed by atoms with E-state index in [1.807, 2.05) is 5.32 Å². The van der Waals surface area contributed by atoms with Crippen LogP contribution in [0.3, 0.4) is 0 Å². The number of halogens is 3. The number of amides is 1. The number of rotatable bonds is 2. The molecule has 0 radical (unpaired) electrons. The maximum atomic E-state index is 12.5. The molecule has 2 aromatic rings. The van der Waals surface area contributed by atoms with Crippen LogP contribution in [0.1, 0.15) is 5.69 Å². The molecule has 0 atom stereocenters. The van der Waals surface area contributed by atoms with Crippen LogP contribution in [0, 0.1) is 0 Å². The molecule has 0 fully saturated rings. The third-order valence-electron chi connectivity index (χ3n) is 2.25. The summed E-state index contributed by atoms with van der Waals surface area (Å²) in [5, 5.41) is 16.0. The van der Waals surface area contributed by atoms with Crippen LogP contribution in [0.15, 0.2) is 18.2 Å². The summed E-state index contributed by atoms with van der Waals surface area (Å²) in [5.41, 5.74) is -0.739. The molecule has 0 saturated heterocycles. The van der Waals surface area contributed by atoms with E-state index < -0.39 is 18.0 Å². The van der Waals surface area contributed by atoms with Gasteiger partial charge in [-0.2, -0.15) is 18.3 Å². The van der Waals surface area contributed by atoms with E-state index >= 15 is 0 Å². The van der Waals surface area contributed by atoms with Crippen LogP contribution in [-0.4, -0.2) is 15.9 Å². The minimum atomic E-state index is -4.51. The van der Waals surface area contributed by atoms with E-state index in [1.54, 1.807) is 0 Å². The number of carbonyl (C=O) groups is 1. The molecular weight excluding hydrogens is 283 g/mol. The summed E-state index contributed by atoms with van der Waals surface area (Å²) >= 11 is 0.992. The Balaban J connectivity index is 2.34. The first-order valence-corrected chi connectivity index (χ1v) is 5.78. The fourth-order valence-corrected chi connectivity index (χ4v) is 2.42. The number of hydrogen-bond acceptors (Lipinski definition) is 4. The number of hydrogen-bond donors (Lipinski definition) is 1. The molecule has 9 heteroatoms. The number of aromatic nitrogens is 2. The summed E-state index contributed by atoms with van der Waals surface area (Å²) in [6.45, 7) is 0. The zero-order valence-corrected chi connectivity index (χ0v) is 10.3. The molecule has 2 aromatic heterocycles. The second-order valence-corrected chi connectivity index (χ2v) is 4.70. The number of carbonyl (C=O) groups excluding carboxylic acids is 1. The minimum absolute atomic E-state index is 0.253. The van der Waals surface area contributed by atoms with Crippen molar-refractivity contribution in [1.29, 1.82) is 0 Å². The average Bonchev–Trinajstić information content (AvgIpc) is 2.82. The molecule has 2 heterocycles. The second kappa shape index (κ2) is 4.57. The molecule has 0 unspecified atom stereocenters. The number of nitrogens with zero attached hydrogens (tertiary/aromatic N) is 2. The predicted octanol–water partition coefficient (Wildman–Crippen LogP) is 1.92. The SMILES string of the molecule is Cn1nc(C(F)(F)F)cc1-c1ccc(NC(=O)[O-])s1. The molecule has 19 heavy (non-hydrogen) atoms. The molecule has 0 aliphatic heterocycles. The van der Waals surface area contributed by atoms with Crippen molar-refractivity contribution in [2.75, 3.05) is 5.32 Å². The minimum Gasteiger partial charge on any atom is -0.530 e. The molecule has 2 rings (SSSR count). The van der Waals surface area contributed by atoms with Gasteiger partial charge in [-0.15, -0.1) is 11.3 Å². The van der Waals surface area contributed by atoms with Crippen molar-refractivity contribution in [3.05, 3.63) is 23.9 Å². The van der Waals surface area contributed by atoms with Gasteiger partial charge in [0.15, 0.2) is 5.69 Å². The highest BCUT2D eigenvalue weighted by Gasteiger charge is 2.34. The summed E-state index contributed by atoms with van der Waals surface area (Å²) in [7, 11) is 1.39. The standard InChI is InChI=1S/C10H8F3N3O2S/c1-16-5(4-7(15-16)10(11,12)13)6-2-3-8(19-6)14-9(17)18/h2-4,14H,1H3,(H,17,18)/p-1. The van der Waals surface area contributed by atoms with Crippen LogP contribution in [-0.2, 0) is 13.2 Å². The third kappa shape index (κ3) is 2.87. The lowest BCUT2D eigenvalue weighted by Crippen LogP contribution is -2.28. The lowest BCUT2D eigenvalue weighted by atomic mass is 10.3. The maximum Gasteiger partial charge on any atom is 0.435 e. The van der Waals surface area contributed by atoms with Gasteiger partial charge in [0.05, 0.1) is 15.6 Å². The van der Waals surface area contributed by atoms with Gasteiger partial charge in [-0.1, -0.05) is 0 Å². The van der Waals surface area contributed by atoms with E-state index in [9.17, 15) is 23.1 Å². The molecule has 5 nitrogen and oxygen atoms in total. The zero-order valence-electron chi connectivity index (χ0n) is 9.49. The number of thiophene rings is 1. The highest BCUT2D eigenvalue weighted by Crippen LogP contribution is 2.35. The van der Waals surface area contributed by atoms with Gasteiger partial charge in [0.1, 0.15) is 6.09 Å². The van der Waals surface area contributed by atoms with E-state index in [0.29, 0.717) is 4.88 Å². The summed E-state index contributed by atoms with van der Waals surface area (Å²) in [5.74, 6) is 0. The van der Waals surface area contributed by atoms with Crippen molar-refractivity contribution in [2.24, 2.45) is 7.05 Å². The first-order chi connectivity index (χ1) is 8.77. The molecule has 0 aliphatic carbocycles. The van der Waals surface area contributed by atoms with Crippen molar-refractivity contribution in [2.45, 2.75) is 6.18 Å². The Hall–Kier alpha value is -2.03. The molecule has 0 saturated carbocycles. The van der Waals surface area contributed by atoms with E-state index in [1.165, 1.54) is 19.2 Å². The second-order valence-electron chi connectivity index (χ2n) is 3.61. The molecule has 0 aromatic carbocycles. The van der Waals surface area contributed by atoms with Gasteiger partial charge in [0.2, 0.25) is 0 Å². The van der Waals surface area contributed by atoms with Gasteiger partial charge in [-0.25, -0.2) is 0 Å². The molecule has 102 valence electrons. The van der Waals surface area contributed by atoms with Crippen LogP contribution in [0.2, 0.25) is 0 Å². The number of anilines is 1. The number of nitrogens with one attached hydrogen (secondary N) is 1. The van der Waals surface area contributed by atoms with Crippen molar-refractivity contribution in [3.8, 4) is 10.6 Å². The molecule has 0 aliphatic rings. The van der Waals surface area contributed by atoms with Crippen LogP contribution in [0.5, 0.6) is 0 Å². The van der Waals surface area contributed by atoms with Crippen LogP contribution in [0.25, 0.3) is 10.6 Å². The summed E-state index contributed by atoms with van der Waals surface area (Å²) in [6.07, 6.45) is -5.99. The van der Waals surface area contributed by atoms with E-state index in [4.69, 9.17) is 0 Å². The Labute approximate surface area is 109 Å². The average molecular weight is 290 g/mol. The smallest absolute Gasteiger partial charge is 0.435 e. The van der Waals surface area contributed by atoms with E-state index in [-0.39, 0.29) is 10.7 Å².